The maximum absolute atomic E-state index is 12.2. The van der Waals surface area contributed by atoms with E-state index in [1.54, 1.807) is 6.08 Å². The molecule has 5 nitrogen and oxygen atoms in total. The molecule has 8 heteroatoms. The Labute approximate surface area is 328 Å². The topological polar surface area (TPSA) is 54.0 Å². The van der Waals surface area contributed by atoms with Gasteiger partial charge in [-0.05, 0) is 80.1 Å². The molecular formula is C44H90O5Si3. The third-order valence-corrected chi connectivity index (χ3v) is 26.6. The lowest BCUT2D eigenvalue weighted by molar-refractivity contribution is -0.145. The van der Waals surface area contributed by atoms with E-state index in [2.05, 4.69) is 109 Å². The van der Waals surface area contributed by atoms with E-state index >= 15 is 0 Å². The van der Waals surface area contributed by atoms with Crippen LogP contribution in [0.1, 0.15) is 185 Å². The van der Waals surface area contributed by atoms with Crippen LogP contribution in [0.3, 0.4) is 0 Å². The molecule has 0 aromatic rings. The summed E-state index contributed by atoms with van der Waals surface area (Å²) in [6.07, 6.45) is 25.5. The third-order valence-electron chi connectivity index (χ3n) is 13.0. The highest BCUT2D eigenvalue weighted by atomic mass is 28.4. The van der Waals surface area contributed by atoms with Gasteiger partial charge in [0.15, 0.2) is 25.0 Å². The summed E-state index contributed by atoms with van der Waals surface area (Å²) in [5, 5.41) is 0.365. The van der Waals surface area contributed by atoms with E-state index in [1.165, 1.54) is 77.0 Å². The molecule has 0 aliphatic carbocycles. The molecule has 0 unspecified atom stereocenters. The molecular weight excluding hydrogens is 693 g/mol. The molecule has 0 amide bonds. The number of rotatable bonds is 26. The molecule has 0 bridgehead atoms. The predicted octanol–water partition coefficient (Wildman–Crippen LogP) is 14.7. The molecule has 1 aliphatic rings. The van der Waals surface area contributed by atoms with Gasteiger partial charge in [-0.3, -0.25) is 0 Å². The quantitative estimate of drug-likeness (QED) is 0.0497. The van der Waals surface area contributed by atoms with Gasteiger partial charge in [-0.25, -0.2) is 4.79 Å². The zero-order valence-electron chi connectivity index (χ0n) is 37.7. The third kappa shape index (κ3) is 19.1. The van der Waals surface area contributed by atoms with Gasteiger partial charge in [-0.2, -0.15) is 0 Å². The van der Waals surface area contributed by atoms with E-state index in [9.17, 15) is 4.79 Å². The Morgan fingerprint density at radius 1 is 0.596 bits per heavy atom. The first-order valence-corrected chi connectivity index (χ1v) is 30.4. The van der Waals surface area contributed by atoms with E-state index in [-0.39, 0.29) is 45.5 Å². The maximum atomic E-state index is 12.2. The summed E-state index contributed by atoms with van der Waals surface area (Å²) in [7, 11) is -6.12. The number of unbranched alkanes of at least 4 members (excludes halogenated alkanes) is 11. The first-order valence-electron chi connectivity index (χ1n) is 21.7. The van der Waals surface area contributed by atoms with Gasteiger partial charge >= 0.3 is 5.97 Å². The van der Waals surface area contributed by atoms with Crippen molar-refractivity contribution in [3.63, 3.8) is 0 Å². The molecule has 0 spiro atoms. The molecule has 4 atom stereocenters. The van der Waals surface area contributed by atoms with Gasteiger partial charge in [0, 0.05) is 31.1 Å². The number of hydrogen-bond acceptors (Lipinski definition) is 5. The Bertz CT molecular complexity index is 1020. The van der Waals surface area contributed by atoms with Crippen molar-refractivity contribution in [3.05, 3.63) is 12.2 Å². The van der Waals surface area contributed by atoms with Crippen LogP contribution in [0, 0.1) is 0 Å². The zero-order valence-corrected chi connectivity index (χ0v) is 40.7. The summed E-state index contributed by atoms with van der Waals surface area (Å²) in [6.45, 7) is 37.6. The van der Waals surface area contributed by atoms with Gasteiger partial charge in [0.25, 0.3) is 0 Å². The van der Waals surface area contributed by atoms with E-state index in [0.29, 0.717) is 6.42 Å². The van der Waals surface area contributed by atoms with Crippen molar-refractivity contribution in [1.29, 1.82) is 0 Å². The predicted molar refractivity (Wildman–Crippen MR) is 234 cm³/mol. The zero-order chi connectivity index (χ0) is 39.9. The van der Waals surface area contributed by atoms with E-state index in [1.807, 2.05) is 6.08 Å². The van der Waals surface area contributed by atoms with Crippen molar-refractivity contribution in [2.45, 2.75) is 264 Å². The summed E-state index contributed by atoms with van der Waals surface area (Å²) in [4.78, 5) is 12.2. The van der Waals surface area contributed by atoms with Crippen molar-refractivity contribution in [2.24, 2.45) is 0 Å². The smallest absolute Gasteiger partial charge is 0.330 e. The van der Waals surface area contributed by atoms with Gasteiger partial charge in [0.1, 0.15) is 6.10 Å². The highest BCUT2D eigenvalue weighted by Gasteiger charge is 2.43. The van der Waals surface area contributed by atoms with E-state index in [0.717, 1.165) is 32.1 Å². The van der Waals surface area contributed by atoms with Gasteiger partial charge in [0.05, 0.1) is 6.10 Å². The minimum Gasteiger partial charge on any atom is -0.459 e. The summed E-state index contributed by atoms with van der Waals surface area (Å²) in [5.74, 6) is -0.236. The Morgan fingerprint density at radius 3 is 1.40 bits per heavy atom. The lowest BCUT2D eigenvalue weighted by Crippen LogP contribution is -2.48. The second kappa shape index (κ2) is 22.5. The van der Waals surface area contributed by atoms with Crippen LogP contribution >= 0.6 is 0 Å². The van der Waals surface area contributed by atoms with Gasteiger partial charge in [0.2, 0.25) is 0 Å². The number of carbonyl (C=O) groups excluding carboxylic acids is 1. The molecule has 0 fully saturated rings. The standard InChI is InChI=1S/C44H90O5Si3/c1-17-18-19-20-21-22-23-24-25-26-27-28-30-37(47-50(11,12)42(2,3)4)33-34-39(48-51(13,14)43(5,6)7)36-40(49-52(15,16)44(8,9)10)35-38-31-29-32-41(45)46-38/h29,32,37-40H,17-28,30-31,33-36H2,1-16H3/t37-,38-,39-,40+/m0/s1. The first kappa shape index (κ1) is 49.8. The van der Waals surface area contributed by atoms with Crippen LogP contribution in [0.2, 0.25) is 54.4 Å². The summed E-state index contributed by atoms with van der Waals surface area (Å²) in [5.41, 5.74) is 0. The first-order chi connectivity index (χ1) is 23.8. The molecule has 0 saturated carbocycles. The average molecular weight is 783 g/mol. The summed E-state index contributed by atoms with van der Waals surface area (Å²) in [6, 6.07) is 0. The van der Waals surface area contributed by atoms with E-state index in [4.69, 9.17) is 18.0 Å². The molecule has 1 heterocycles. The van der Waals surface area contributed by atoms with Crippen molar-refractivity contribution in [2.75, 3.05) is 0 Å². The Kier molecular flexibility index (Phi) is 21.5. The molecule has 0 radical (unpaired) electrons. The molecule has 1 rings (SSSR count). The van der Waals surface area contributed by atoms with Crippen molar-refractivity contribution in [1.82, 2.24) is 0 Å². The van der Waals surface area contributed by atoms with Gasteiger partial charge in [-0.1, -0.05) is 152 Å². The largest absolute Gasteiger partial charge is 0.459 e. The lowest BCUT2D eigenvalue weighted by atomic mass is 9.98. The van der Waals surface area contributed by atoms with Crippen LogP contribution < -0.4 is 0 Å². The Balaban J connectivity index is 3.13. The highest BCUT2D eigenvalue weighted by molar-refractivity contribution is 6.75. The minimum absolute atomic E-state index is 0.0314. The number of cyclic esters (lactones) is 1. The molecule has 308 valence electrons. The average Bonchev–Trinajstić information content (AvgIpc) is 2.98. The van der Waals surface area contributed by atoms with Gasteiger partial charge in [-0.15, -0.1) is 0 Å². The molecule has 1 aliphatic heterocycles. The number of esters is 1. The van der Waals surface area contributed by atoms with Crippen LogP contribution in [0.15, 0.2) is 12.2 Å². The minimum atomic E-state index is -2.09. The van der Waals surface area contributed by atoms with Crippen LogP contribution in [0.5, 0.6) is 0 Å². The second-order valence-corrected chi connectivity index (χ2v) is 35.2. The fourth-order valence-corrected chi connectivity index (χ4v) is 10.5. The molecule has 52 heavy (non-hydrogen) atoms. The van der Waals surface area contributed by atoms with Gasteiger partial charge < -0.3 is 18.0 Å². The SMILES string of the molecule is CCCCCCCCCCCCCC[C@@H](CC[C@@H](C[C@@H](C[C@@H]1CC=CC(=O)O1)O[Si](C)(C)C(C)(C)C)O[Si](C)(C)C(C)(C)C)O[Si](C)(C)C(C)(C)C. The normalized spacial score (nSPS) is 18.4. The molecule has 0 aromatic heterocycles. The monoisotopic (exact) mass is 783 g/mol. The van der Waals surface area contributed by atoms with Crippen LogP contribution in [0.25, 0.3) is 0 Å². The number of ether oxygens (including phenoxy) is 1. The lowest BCUT2D eigenvalue weighted by Gasteiger charge is -2.43. The van der Waals surface area contributed by atoms with E-state index < -0.39 is 25.0 Å². The van der Waals surface area contributed by atoms with Crippen LogP contribution in [-0.2, 0) is 22.8 Å². The van der Waals surface area contributed by atoms with Crippen molar-refractivity contribution in [3.8, 4) is 0 Å². The van der Waals surface area contributed by atoms with Crippen LogP contribution in [0.4, 0.5) is 0 Å². The van der Waals surface area contributed by atoms with Crippen molar-refractivity contribution < 1.29 is 22.8 Å². The summed E-state index contributed by atoms with van der Waals surface area (Å²) >= 11 is 0. The fourth-order valence-electron chi connectivity index (χ4n) is 6.34. The Hall–Kier alpha value is -0.259. The molecule has 0 aromatic carbocycles. The second-order valence-electron chi connectivity index (χ2n) is 20.9. The number of carbonyl (C=O) groups is 1. The Morgan fingerprint density at radius 2 is 0.981 bits per heavy atom. The van der Waals surface area contributed by atoms with Crippen molar-refractivity contribution >= 4 is 30.9 Å². The molecule has 0 saturated heterocycles. The summed E-state index contributed by atoms with van der Waals surface area (Å²) < 4.78 is 27.5. The number of hydrogen-bond donors (Lipinski definition) is 0. The highest BCUT2D eigenvalue weighted by Crippen LogP contribution is 2.42. The molecule has 0 N–H and O–H groups in total. The maximum Gasteiger partial charge on any atom is 0.330 e. The van der Waals surface area contributed by atoms with Crippen LogP contribution in [-0.4, -0.2) is 55.3 Å². The fraction of sp³-hybridized carbons (Fsp3) is 0.932.